The highest BCUT2D eigenvalue weighted by molar-refractivity contribution is 4.80. The standard InChI is InChI=1S/C8H17NO/c1-6(7(2)10)9-8-4-3-5-8/h6-10H,3-5H2,1-2H3. The summed E-state index contributed by atoms with van der Waals surface area (Å²) < 4.78 is 0. The third kappa shape index (κ3) is 1.96. The second kappa shape index (κ2) is 3.35. The third-order valence-corrected chi connectivity index (χ3v) is 2.33. The Morgan fingerprint density at radius 3 is 2.30 bits per heavy atom. The van der Waals surface area contributed by atoms with Crippen LogP contribution in [-0.2, 0) is 0 Å². The molecule has 2 heteroatoms. The molecular formula is C8H17NO. The van der Waals surface area contributed by atoms with E-state index in [-0.39, 0.29) is 12.1 Å². The van der Waals surface area contributed by atoms with Crippen molar-refractivity contribution < 1.29 is 5.11 Å². The van der Waals surface area contributed by atoms with Crippen molar-refractivity contribution in [3.63, 3.8) is 0 Å². The Hall–Kier alpha value is -0.0800. The topological polar surface area (TPSA) is 32.3 Å². The van der Waals surface area contributed by atoms with Crippen LogP contribution in [0, 0.1) is 0 Å². The maximum atomic E-state index is 9.13. The van der Waals surface area contributed by atoms with Crippen LogP contribution in [0.3, 0.4) is 0 Å². The lowest BCUT2D eigenvalue weighted by Gasteiger charge is -2.31. The summed E-state index contributed by atoms with van der Waals surface area (Å²) in [5.74, 6) is 0. The van der Waals surface area contributed by atoms with Crippen molar-refractivity contribution in [2.75, 3.05) is 0 Å². The first kappa shape index (κ1) is 8.02. The largest absolute Gasteiger partial charge is 0.392 e. The van der Waals surface area contributed by atoms with E-state index in [2.05, 4.69) is 5.32 Å². The summed E-state index contributed by atoms with van der Waals surface area (Å²) in [6, 6.07) is 0.940. The van der Waals surface area contributed by atoms with Gasteiger partial charge in [0, 0.05) is 12.1 Å². The van der Waals surface area contributed by atoms with Gasteiger partial charge in [0.05, 0.1) is 6.10 Å². The lowest BCUT2D eigenvalue weighted by molar-refractivity contribution is 0.135. The zero-order valence-corrected chi connectivity index (χ0v) is 6.80. The fraction of sp³-hybridized carbons (Fsp3) is 1.00. The maximum Gasteiger partial charge on any atom is 0.0662 e. The van der Waals surface area contributed by atoms with E-state index >= 15 is 0 Å². The molecule has 0 bridgehead atoms. The van der Waals surface area contributed by atoms with Crippen molar-refractivity contribution in [3.05, 3.63) is 0 Å². The van der Waals surface area contributed by atoms with Crippen LogP contribution in [-0.4, -0.2) is 23.3 Å². The number of rotatable bonds is 3. The molecule has 60 valence electrons. The van der Waals surface area contributed by atoms with Crippen molar-refractivity contribution in [2.45, 2.75) is 51.3 Å². The van der Waals surface area contributed by atoms with Crippen LogP contribution in [0.5, 0.6) is 0 Å². The van der Waals surface area contributed by atoms with E-state index in [1.165, 1.54) is 19.3 Å². The predicted octanol–water partition coefficient (Wildman–Crippen LogP) is 0.898. The van der Waals surface area contributed by atoms with Gasteiger partial charge in [0.25, 0.3) is 0 Å². The molecule has 0 spiro atoms. The Bertz CT molecular complexity index is 99.4. The highest BCUT2D eigenvalue weighted by atomic mass is 16.3. The van der Waals surface area contributed by atoms with Crippen LogP contribution in [0.4, 0.5) is 0 Å². The smallest absolute Gasteiger partial charge is 0.0662 e. The lowest BCUT2D eigenvalue weighted by Crippen LogP contribution is -2.45. The summed E-state index contributed by atoms with van der Waals surface area (Å²) in [4.78, 5) is 0. The van der Waals surface area contributed by atoms with E-state index in [0.717, 1.165) is 0 Å². The Balaban J connectivity index is 2.10. The lowest BCUT2D eigenvalue weighted by atomic mass is 9.92. The summed E-state index contributed by atoms with van der Waals surface area (Å²) in [5, 5.41) is 12.5. The molecule has 0 radical (unpaired) electrons. The van der Waals surface area contributed by atoms with Gasteiger partial charge in [-0.15, -0.1) is 0 Å². The van der Waals surface area contributed by atoms with Crippen LogP contribution in [0.1, 0.15) is 33.1 Å². The highest BCUT2D eigenvalue weighted by Crippen LogP contribution is 2.18. The van der Waals surface area contributed by atoms with Crippen molar-refractivity contribution in [1.29, 1.82) is 0 Å². The molecule has 2 nitrogen and oxygen atoms in total. The van der Waals surface area contributed by atoms with Gasteiger partial charge < -0.3 is 10.4 Å². The first-order chi connectivity index (χ1) is 4.70. The van der Waals surface area contributed by atoms with E-state index in [1.54, 1.807) is 0 Å². The van der Waals surface area contributed by atoms with Crippen LogP contribution in [0.2, 0.25) is 0 Å². The maximum absolute atomic E-state index is 9.13. The minimum atomic E-state index is -0.222. The number of hydrogen-bond acceptors (Lipinski definition) is 2. The molecule has 0 amide bonds. The SMILES string of the molecule is CC(O)C(C)NC1CCC1. The zero-order valence-electron chi connectivity index (χ0n) is 6.80. The monoisotopic (exact) mass is 143 g/mol. The van der Waals surface area contributed by atoms with E-state index in [9.17, 15) is 0 Å². The highest BCUT2D eigenvalue weighted by Gasteiger charge is 2.20. The molecule has 0 aromatic carbocycles. The Morgan fingerprint density at radius 1 is 1.40 bits per heavy atom. The van der Waals surface area contributed by atoms with Crippen LogP contribution in [0.25, 0.3) is 0 Å². The minimum Gasteiger partial charge on any atom is -0.392 e. The molecule has 2 atom stereocenters. The van der Waals surface area contributed by atoms with Crippen molar-refractivity contribution in [2.24, 2.45) is 0 Å². The molecule has 0 aromatic heterocycles. The number of hydrogen-bond donors (Lipinski definition) is 2. The van der Waals surface area contributed by atoms with E-state index in [1.807, 2.05) is 13.8 Å². The molecular weight excluding hydrogens is 126 g/mol. The predicted molar refractivity (Wildman–Crippen MR) is 41.9 cm³/mol. The Kier molecular flexibility index (Phi) is 2.69. The van der Waals surface area contributed by atoms with E-state index in [0.29, 0.717) is 6.04 Å². The molecule has 0 heterocycles. The van der Waals surface area contributed by atoms with E-state index < -0.39 is 0 Å². The van der Waals surface area contributed by atoms with Gasteiger partial charge in [-0.1, -0.05) is 6.42 Å². The molecule has 2 N–H and O–H groups in total. The van der Waals surface area contributed by atoms with Crippen LogP contribution in [0.15, 0.2) is 0 Å². The first-order valence-electron chi connectivity index (χ1n) is 4.14. The fourth-order valence-corrected chi connectivity index (χ4v) is 1.09. The van der Waals surface area contributed by atoms with Crippen LogP contribution < -0.4 is 5.32 Å². The number of aliphatic hydroxyl groups is 1. The van der Waals surface area contributed by atoms with Gasteiger partial charge in [-0.3, -0.25) is 0 Å². The van der Waals surface area contributed by atoms with E-state index in [4.69, 9.17) is 5.11 Å². The number of nitrogens with one attached hydrogen (secondary N) is 1. The van der Waals surface area contributed by atoms with Gasteiger partial charge in [0.15, 0.2) is 0 Å². The van der Waals surface area contributed by atoms with Gasteiger partial charge in [0.1, 0.15) is 0 Å². The molecule has 1 rings (SSSR count). The Morgan fingerprint density at radius 2 is 2.00 bits per heavy atom. The molecule has 2 unspecified atom stereocenters. The van der Waals surface area contributed by atoms with Gasteiger partial charge >= 0.3 is 0 Å². The summed E-state index contributed by atoms with van der Waals surface area (Å²) in [6.07, 6.45) is 3.71. The first-order valence-corrected chi connectivity index (χ1v) is 4.14. The fourth-order valence-electron chi connectivity index (χ4n) is 1.09. The summed E-state index contributed by atoms with van der Waals surface area (Å²) in [7, 11) is 0. The van der Waals surface area contributed by atoms with Crippen molar-refractivity contribution in [3.8, 4) is 0 Å². The van der Waals surface area contributed by atoms with Gasteiger partial charge in [-0.25, -0.2) is 0 Å². The average Bonchev–Trinajstić information content (AvgIpc) is 1.77. The normalized spacial score (nSPS) is 25.5. The average molecular weight is 143 g/mol. The molecule has 1 saturated carbocycles. The minimum absolute atomic E-state index is 0.222. The van der Waals surface area contributed by atoms with Gasteiger partial charge in [-0.2, -0.15) is 0 Å². The summed E-state index contributed by atoms with van der Waals surface area (Å²) >= 11 is 0. The quantitative estimate of drug-likeness (QED) is 0.615. The summed E-state index contributed by atoms with van der Waals surface area (Å²) in [6.45, 7) is 3.86. The van der Waals surface area contributed by atoms with Gasteiger partial charge in [-0.05, 0) is 26.7 Å². The number of aliphatic hydroxyl groups excluding tert-OH is 1. The van der Waals surface area contributed by atoms with Gasteiger partial charge in [0.2, 0.25) is 0 Å². The summed E-state index contributed by atoms with van der Waals surface area (Å²) in [5.41, 5.74) is 0. The molecule has 1 aliphatic rings. The molecule has 0 aliphatic heterocycles. The molecule has 0 saturated heterocycles. The molecule has 0 aromatic rings. The van der Waals surface area contributed by atoms with Crippen molar-refractivity contribution in [1.82, 2.24) is 5.32 Å². The third-order valence-electron chi connectivity index (χ3n) is 2.33. The molecule has 1 aliphatic carbocycles. The van der Waals surface area contributed by atoms with Crippen LogP contribution >= 0.6 is 0 Å². The Labute approximate surface area is 62.6 Å². The molecule has 1 fully saturated rings. The molecule has 10 heavy (non-hydrogen) atoms. The van der Waals surface area contributed by atoms with Crippen molar-refractivity contribution >= 4 is 0 Å². The second-order valence-electron chi connectivity index (χ2n) is 3.32. The zero-order chi connectivity index (χ0) is 7.56. The second-order valence-corrected chi connectivity index (χ2v) is 3.32.